The number of hydrogen-bond donors (Lipinski definition) is 2. The number of amides is 2. The van der Waals surface area contributed by atoms with E-state index < -0.39 is 0 Å². The van der Waals surface area contributed by atoms with Crippen LogP contribution in [0, 0.1) is 0 Å². The Morgan fingerprint density at radius 3 is 2.74 bits per heavy atom. The zero-order valence-corrected chi connectivity index (χ0v) is 16.7. The fourth-order valence-electron chi connectivity index (χ4n) is 3.53. The maximum atomic E-state index is 12.4. The zero-order valence-electron chi connectivity index (χ0n) is 16.7. The molecule has 6 heteroatoms. The number of carbonyl (C=O) groups excluding carboxylic acids is 1. The molecule has 0 aliphatic carbocycles. The second kappa shape index (κ2) is 8.13. The van der Waals surface area contributed by atoms with Gasteiger partial charge in [0.05, 0.1) is 17.0 Å². The standard InChI is InChI=1S/C21H30N4O2/c1-15(2)19-16(14-25(24-19)18-8-6-5-7-9-18)13-22-20(26)23-17-10-11-27-21(3,4)12-17/h5-9,14-15,17H,10-13H2,1-4H3,(H2,22,23,26). The number of rotatable bonds is 5. The highest BCUT2D eigenvalue weighted by molar-refractivity contribution is 5.74. The lowest BCUT2D eigenvalue weighted by atomic mass is 9.94. The van der Waals surface area contributed by atoms with Crippen LogP contribution >= 0.6 is 0 Å². The molecular weight excluding hydrogens is 340 g/mol. The molecule has 146 valence electrons. The average molecular weight is 370 g/mol. The molecule has 2 aromatic rings. The number of carbonyl (C=O) groups is 1. The highest BCUT2D eigenvalue weighted by atomic mass is 16.5. The van der Waals surface area contributed by atoms with Gasteiger partial charge in [-0.2, -0.15) is 5.10 Å². The van der Waals surface area contributed by atoms with Crippen molar-refractivity contribution in [3.8, 4) is 5.69 Å². The molecule has 3 rings (SSSR count). The summed E-state index contributed by atoms with van der Waals surface area (Å²) < 4.78 is 7.59. The molecule has 1 fully saturated rings. The van der Waals surface area contributed by atoms with E-state index in [1.165, 1.54) is 0 Å². The normalized spacial score (nSPS) is 19.1. The SMILES string of the molecule is CC(C)c1nn(-c2ccccc2)cc1CNC(=O)NC1CCOC(C)(C)C1. The molecule has 1 aromatic heterocycles. The van der Waals surface area contributed by atoms with Crippen molar-refractivity contribution >= 4 is 6.03 Å². The van der Waals surface area contributed by atoms with E-state index >= 15 is 0 Å². The molecule has 1 aliphatic rings. The van der Waals surface area contributed by atoms with Crippen molar-refractivity contribution < 1.29 is 9.53 Å². The molecule has 6 nitrogen and oxygen atoms in total. The van der Waals surface area contributed by atoms with Crippen LogP contribution in [0.4, 0.5) is 4.79 Å². The minimum Gasteiger partial charge on any atom is -0.375 e. The van der Waals surface area contributed by atoms with Gasteiger partial charge in [0, 0.05) is 31.0 Å². The third-order valence-electron chi connectivity index (χ3n) is 4.86. The van der Waals surface area contributed by atoms with Gasteiger partial charge in [0.25, 0.3) is 0 Å². The van der Waals surface area contributed by atoms with Crippen LogP contribution in [-0.2, 0) is 11.3 Å². The third-order valence-corrected chi connectivity index (χ3v) is 4.86. The van der Waals surface area contributed by atoms with E-state index in [0.29, 0.717) is 13.2 Å². The predicted molar refractivity (Wildman–Crippen MR) is 106 cm³/mol. The number of nitrogens with one attached hydrogen (secondary N) is 2. The van der Waals surface area contributed by atoms with Crippen molar-refractivity contribution in [1.29, 1.82) is 0 Å². The largest absolute Gasteiger partial charge is 0.375 e. The van der Waals surface area contributed by atoms with Gasteiger partial charge in [-0.15, -0.1) is 0 Å². The lowest BCUT2D eigenvalue weighted by Crippen LogP contribution is -2.48. The summed E-state index contributed by atoms with van der Waals surface area (Å²) in [6.45, 7) is 9.49. The molecule has 0 saturated carbocycles. The number of nitrogens with zero attached hydrogens (tertiary/aromatic N) is 2. The first-order valence-corrected chi connectivity index (χ1v) is 9.66. The number of benzene rings is 1. The Morgan fingerprint density at radius 2 is 2.07 bits per heavy atom. The Morgan fingerprint density at radius 1 is 1.33 bits per heavy atom. The minimum atomic E-state index is -0.183. The van der Waals surface area contributed by atoms with Crippen molar-refractivity contribution in [3.05, 3.63) is 47.8 Å². The summed E-state index contributed by atoms with van der Waals surface area (Å²) in [4.78, 5) is 12.4. The molecule has 1 atom stereocenters. The monoisotopic (exact) mass is 370 g/mol. The minimum absolute atomic E-state index is 0.139. The summed E-state index contributed by atoms with van der Waals surface area (Å²) in [6.07, 6.45) is 3.67. The van der Waals surface area contributed by atoms with E-state index in [-0.39, 0.29) is 23.6 Å². The van der Waals surface area contributed by atoms with Gasteiger partial charge in [-0.1, -0.05) is 32.0 Å². The number of urea groups is 1. The van der Waals surface area contributed by atoms with Gasteiger partial charge in [-0.25, -0.2) is 9.48 Å². The smallest absolute Gasteiger partial charge is 0.315 e. The maximum absolute atomic E-state index is 12.4. The van der Waals surface area contributed by atoms with E-state index in [2.05, 4.69) is 38.3 Å². The van der Waals surface area contributed by atoms with E-state index in [9.17, 15) is 4.79 Å². The summed E-state index contributed by atoms with van der Waals surface area (Å²) in [6, 6.07) is 10.0. The molecule has 1 saturated heterocycles. The van der Waals surface area contributed by atoms with Crippen LogP contribution in [0.3, 0.4) is 0 Å². The van der Waals surface area contributed by atoms with E-state index in [4.69, 9.17) is 9.84 Å². The van der Waals surface area contributed by atoms with Crippen molar-refractivity contribution in [1.82, 2.24) is 20.4 Å². The molecule has 0 radical (unpaired) electrons. The number of ether oxygens (including phenoxy) is 1. The van der Waals surface area contributed by atoms with Crippen molar-refractivity contribution in [2.45, 2.75) is 64.6 Å². The first-order valence-electron chi connectivity index (χ1n) is 9.66. The Balaban J connectivity index is 1.63. The second-order valence-corrected chi connectivity index (χ2v) is 8.10. The predicted octanol–water partition coefficient (Wildman–Crippen LogP) is 3.75. The Labute approximate surface area is 161 Å². The molecule has 0 spiro atoms. The van der Waals surface area contributed by atoms with E-state index in [1.54, 1.807) is 0 Å². The molecule has 2 N–H and O–H groups in total. The van der Waals surface area contributed by atoms with Gasteiger partial charge < -0.3 is 15.4 Å². The molecule has 0 bridgehead atoms. The summed E-state index contributed by atoms with van der Waals surface area (Å²) in [7, 11) is 0. The molecule has 2 amide bonds. The van der Waals surface area contributed by atoms with E-state index in [0.717, 1.165) is 29.8 Å². The fraction of sp³-hybridized carbons (Fsp3) is 0.524. The van der Waals surface area contributed by atoms with Gasteiger partial charge in [0.1, 0.15) is 0 Å². The Hall–Kier alpha value is -2.34. The van der Waals surface area contributed by atoms with Gasteiger partial charge in [-0.05, 0) is 44.7 Å². The van der Waals surface area contributed by atoms with Crippen LogP contribution in [-0.4, -0.2) is 34.1 Å². The molecular formula is C21H30N4O2. The number of para-hydroxylation sites is 1. The van der Waals surface area contributed by atoms with Gasteiger partial charge >= 0.3 is 6.03 Å². The summed E-state index contributed by atoms with van der Waals surface area (Å²) in [5.74, 6) is 0.283. The fourth-order valence-corrected chi connectivity index (χ4v) is 3.53. The zero-order chi connectivity index (χ0) is 19.4. The summed E-state index contributed by atoms with van der Waals surface area (Å²) >= 11 is 0. The molecule has 2 heterocycles. The molecule has 27 heavy (non-hydrogen) atoms. The number of aromatic nitrogens is 2. The summed E-state index contributed by atoms with van der Waals surface area (Å²) in [5, 5.41) is 10.8. The second-order valence-electron chi connectivity index (χ2n) is 8.10. The van der Waals surface area contributed by atoms with Crippen LogP contribution in [0.15, 0.2) is 36.5 Å². The van der Waals surface area contributed by atoms with Crippen LogP contribution < -0.4 is 10.6 Å². The quantitative estimate of drug-likeness (QED) is 0.842. The average Bonchev–Trinajstić information content (AvgIpc) is 3.04. The third kappa shape index (κ3) is 5.10. The van der Waals surface area contributed by atoms with E-state index in [1.807, 2.05) is 41.2 Å². The highest BCUT2D eigenvalue weighted by Gasteiger charge is 2.29. The molecule has 1 aliphatic heterocycles. The lowest BCUT2D eigenvalue weighted by molar-refractivity contribution is -0.0611. The Kier molecular flexibility index (Phi) is 5.85. The topological polar surface area (TPSA) is 68.2 Å². The van der Waals surface area contributed by atoms with Crippen molar-refractivity contribution in [3.63, 3.8) is 0 Å². The van der Waals surface area contributed by atoms with Crippen LogP contribution in [0.1, 0.15) is 57.7 Å². The maximum Gasteiger partial charge on any atom is 0.315 e. The Bertz CT molecular complexity index is 768. The van der Waals surface area contributed by atoms with Crippen molar-refractivity contribution in [2.75, 3.05) is 6.61 Å². The lowest BCUT2D eigenvalue weighted by Gasteiger charge is -2.35. The van der Waals surface area contributed by atoms with Gasteiger partial charge in [-0.3, -0.25) is 0 Å². The van der Waals surface area contributed by atoms with Crippen LogP contribution in [0.2, 0.25) is 0 Å². The van der Waals surface area contributed by atoms with Crippen molar-refractivity contribution in [2.24, 2.45) is 0 Å². The molecule has 1 unspecified atom stereocenters. The number of hydrogen-bond acceptors (Lipinski definition) is 3. The van der Waals surface area contributed by atoms with Crippen LogP contribution in [0.5, 0.6) is 0 Å². The van der Waals surface area contributed by atoms with Gasteiger partial charge in [0.15, 0.2) is 0 Å². The first-order chi connectivity index (χ1) is 12.8. The first kappa shape index (κ1) is 19.4. The van der Waals surface area contributed by atoms with Gasteiger partial charge in [0.2, 0.25) is 0 Å². The summed E-state index contributed by atoms with van der Waals surface area (Å²) in [5.41, 5.74) is 2.87. The molecule has 1 aromatic carbocycles. The van der Waals surface area contributed by atoms with Crippen LogP contribution in [0.25, 0.3) is 5.69 Å². The highest BCUT2D eigenvalue weighted by Crippen LogP contribution is 2.24.